The van der Waals surface area contributed by atoms with Crippen molar-refractivity contribution in [1.29, 1.82) is 5.26 Å². The first-order valence-corrected chi connectivity index (χ1v) is 0.258. The van der Waals surface area contributed by atoms with Gasteiger partial charge in [-0.25, -0.2) is 5.26 Å². The molecule has 0 atom stereocenters. The zero-order valence-corrected chi connectivity index (χ0v) is 8.67. The van der Waals surface area contributed by atoms with E-state index in [4.69, 9.17) is 5.26 Å². The van der Waals surface area contributed by atoms with Crippen molar-refractivity contribution < 1.29 is 91.6 Å². The van der Waals surface area contributed by atoms with Crippen LogP contribution >= 0.6 is 0 Å². The van der Waals surface area contributed by atoms with Crippen molar-refractivity contribution in [3.8, 4) is 6.57 Å². The van der Waals surface area contributed by atoms with Crippen molar-refractivity contribution in [2.75, 3.05) is 0 Å². The number of rotatable bonds is 0. The number of hydrogen-bond donors (Lipinski definition) is 0. The van der Waals surface area contributed by atoms with Crippen molar-refractivity contribution in [1.82, 2.24) is 0 Å². The Kier molecular flexibility index (Phi) is 173. The van der Waals surface area contributed by atoms with Gasteiger partial charge in [0.05, 0.1) is 0 Å². The van der Waals surface area contributed by atoms with E-state index in [2.05, 4.69) is 6.57 Å². The minimum absolute atomic E-state index is 0. The van der Waals surface area contributed by atoms with E-state index in [-0.39, 0.29) is 91.6 Å². The van der Waals surface area contributed by atoms with Crippen molar-refractivity contribution in [2.45, 2.75) is 0 Å². The second kappa shape index (κ2) is 32.8. The molecule has 0 unspecified atom stereocenters. The Morgan fingerprint density at radius 2 is 1.40 bits per heavy atom. The molecule has 0 bridgehead atoms. The molecule has 0 aromatic rings. The summed E-state index contributed by atoms with van der Waals surface area (Å²) in [4.78, 5) is 0. The largest absolute Gasteiger partial charge is 1.00 e. The van der Waals surface area contributed by atoms with E-state index in [9.17, 15) is 0 Å². The Balaban J connectivity index is -0.000000000833. The van der Waals surface area contributed by atoms with Gasteiger partial charge >= 0.3 is 51.4 Å². The molecule has 24 valence electrons. The summed E-state index contributed by atoms with van der Waals surface area (Å²) in [5, 5.41) is 6.50. The Bertz CT molecular complexity index is 20.3. The van der Waals surface area contributed by atoms with Crippen molar-refractivity contribution in [3.05, 3.63) is 0 Å². The molecule has 0 amide bonds. The van der Waals surface area contributed by atoms with Gasteiger partial charge in [-0.15, -0.1) is 0 Å². The average molecular weight is 171 g/mol. The number of hydrogen-bond acceptors (Lipinski definition) is 1. The number of nitrogens with zero attached hydrogens (tertiary/aromatic N) is 1. The van der Waals surface area contributed by atoms with Gasteiger partial charge in [-0.2, -0.15) is 0 Å². The van der Waals surface area contributed by atoms with Crippen LogP contribution in [0, 0.1) is 11.8 Å². The van der Waals surface area contributed by atoms with Gasteiger partial charge in [0, 0.05) is 45.4 Å². The first kappa shape index (κ1) is 26.4. The predicted octanol–water partition coefficient (Wildman–Crippen LogP) is -2.75. The second-order valence-corrected chi connectivity index (χ2v) is 0. The maximum Gasteiger partial charge on any atom is 1.00 e. The Hall–Kier alpha value is 2.36. The first-order chi connectivity index (χ1) is 1.00. The smallest absolute Gasteiger partial charge is 1.00 e. The molecule has 0 aliphatic heterocycles. The molecule has 0 aromatic carbocycles. The third-order valence-electron chi connectivity index (χ3n) is 0. The quantitative estimate of drug-likeness (QED) is 0.362. The summed E-state index contributed by atoms with van der Waals surface area (Å²) < 4.78 is 0. The minimum Gasteiger partial charge on any atom is -1.00 e. The summed E-state index contributed by atoms with van der Waals surface area (Å²) in [6, 6.07) is 0. The first-order valence-electron chi connectivity index (χ1n) is 0.258. The van der Waals surface area contributed by atoms with Crippen molar-refractivity contribution >= 4 is 0 Å². The van der Waals surface area contributed by atoms with Crippen molar-refractivity contribution in [3.63, 3.8) is 0 Å². The van der Waals surface area contributed by atoms with Gasteiger partial charge in [-0.05, 0) is 0 Å². The van der Waals surface area contributed by atoms with Gasteiger partial charge in [0.15, 0.2) is 0 Å². The molecule has 0 aromatic heterocycles. The maximum absolute atomic E-state index is 6.50. The normalized spacial score (nSPS) is 0.400. The molecule has 0 saturated heterocycles. The zero-order valence-electron chi connectivity index (χ0n) is 3.88. The van der Waals surface area contributed by atoms with Crippen LogP contribution in [0.5, 0.6) is 0 Å². The molecule has 5 heavy (non-hydrogen) atoms. The van der Waals surface area contributed by atoms with Gasteiger partial charge < -0.3 is 1.43 Å². The molecular weight excluding hydrogens is 169 g/mol. The SMILES string of the molecule is C#N.[Fe].[H-].[K+].[Ti]. The molecule has 1 nitrogen and oxygen atoms in total. The van der Waals surface area contributed by atoms with Crippen LogP contribution < -0.4 is 51.4 Å². The molecule has 0 saturated carbocycles. The van der Waals surface area contributed by atoms with Crippen LogP contribution in [-0.4, -0.2) is 0 Å². The van der Waals surface area contributed by atoms with Crippen LogP contribution in [0.3, 0.4) is 0 Å². The minimum atomic E-state index is 0. The van der Waals surface area contributed by atoms with Crippen LogP contribution in [0.15, 0.2) is 0 Å². The molecule has 0 fully saturated rings. The van der Waals surface area contributed by atoms with E-state index in [0.29, 0.717) is 0 Å². The summed E-state index contributed by atoms with van der Waals surface area (Å²) in [5.74, 6) is 0. The van der Waals surface area contributed by atoms with Gasteiger partial charge in [-0.3, -0.25) is 0 Å². The second-order valence-electron chi connectivity index (χ2n) is 0. The summed E-state index contributed by atoms with van der Waals surface area (Å²) in [7, 11) is 0. The molecular formula is CH2FeKNTi. The van der Waals surface area contributed by atoms with Crippen LogP contribution in [0.4, 0.5) is 0 Å². The van der Waals surface area contributed by atoms with Crippen LogP contribution in [0.25, 0.3) is 0 Å². The van der Waals surface area contributed by atoms with Gasteiger partial charge in [0.2, 0.25) is 0 Å². The van der Waals surface area contributed by atoms with E-state index in [0.717, 1.165) is 0 Å². The molecule has 0 aliphatic rings. The van der Waals surface area contributed by atoms with E-state index in [1.807, 2.05) is 0 Å². The third kappa shape index (κ3) is 21.7. The van der Waals surface area contributed by atoms with E-state index >= 15 is 0 Å². The van der Waals surface area contributed by atoms with Crippen LogP contribution in [0.1, 0.15) is 1.43 Å². The summed E-state index contributed by atoms with van der Waals surface area (Å²) in [5.41, 5.74) is 0. The van der Waals surface area contributed by atoms with E-state index in [1.54, 1.807) is 0 Å². The molecule has 0 rings (SSSR count). The summed E-state index contributed by atoms with van der Waals surface area (Å²) in [6.45, 7) is 3.50. The fraction of sp³-hybridized carbons (Fsp3) is 0. The Labute approximate surface area is 101 Å². The number of nitriles is 1. The summed E-state index contributed by atoms with van der Waals surface area (Å²) >= 11 is 0. The topological polar surface area (TPSA) is 23.8 Å². The molecule has 0 heterocycles. The van der Waals surface area contributed by atoms with Crippen molar-refractivity contribution in [2.24, 2.45) is 0 Å². The fourth-order valence-corrected chi connectivity index (χ4v) is 0. The van der Waals surface area contributed by atoms with Crippen LogP contribution in [-0.2, 0) is 38.8 Å². The Morgan fingerprint density at radius 1 is 1.40 bits per heavy atom. The summed E-state index contributed by atoms with van der Waals surface area (Å²) in [6.07, 6.45) is 0. The predicted molar refractivity (Wildman–Crippen MR) is 7.78 cm³/mol. The standard InChI is InChI=1S/CHN.Fe.K.Ti.H/c1-2;;;;/h1H;;;;/q;;+1;;-1. The monoisotopic (exact) mass is 171 g/mol. The van der Waals surface area contributed by atoms with Gasteiger partial charge in [0.25, 0.3) is 0 Å². The third-order valence-corrected chi connectivity index (χ3v) is 0. The van der Waals surface area contributed by atoms with Gasteiger partial charge in [0.1, 0.15) is 0 Å². The molecule has 0 spiro atoms. The van der Waals surface area contributed by atoms with E-state index < -0.39 is 0 Å². The molecule has 0 aliphatic carbocycles. The molecule has 4 heteroatoms. The van der Waals surface area contributed by atoms with Gasteiger partial charge in [-0.1, -0.05) is 0 Å². The van der Waals surface area contributed by atoms with E-state index in [1.165, 1.54) is 0 Å². The molecule has 0 N–H and O–H groups in total. The molecule has 0 radical (unpaired) electrons. The zero-order chi connectivity index (χ0) is 2.00. The Morgan fingerprint density at radius 3 is 1.40 bits per heavy atom. The van der Waals surface area contributed by atoms with Crippen LogP contribution in [0.2, 0.25) is 0 Å². The fourth-order valence-electron chi connectivity index (χ4n) is 0. The average Bonchev–Trinajstić information content (AvgIpc) is 1.00. The maximum atomic E-state index is 6.50.